The van der Waals surface area contributed by atoms with Crippen LogP contribution in [0.1, 0.15) is 56.2 Å². The molecule has 0 saturated heterocycles. The zero-order valence-corrected chi connectivity index (χ0v) is 14.8. The second-order valence-corrected chi connectivity index (χ2v) is 7.68. The number of carbonyl (C=O) groups excluding carboxylic acids is 2. The Balaban J connectivity index is 2.03. The van der Waals surface area contributed by atoms with Crippen molar-refractivity contribution in [2.75, 3.05) is 7.11 Å². The zero-order chi connectivity index (χ0) is 17.4. The number of fused-ring (bicyclic) bond motifs is 3. The molecule has 1 aromatic rings. The van der Waals surface area contributed by atoms with Gasteiger partial charge in [-0.15, -0.1) is 0 Å². The first-order chi connectivity index (χ1) is 11.5. The van der Waals surface area contributed by atoms with Crippen LogP contribution in [0.3, 0.4) is 0 Å². The van der Waals surface area contributed by atoms with E-state index in [0.717, 1.165) is 44.0 Å². The summed E-state index contributed by atoms with van der Waals surface area (Å²) in [6.45, 7) is 4.41. The maximum Gasteiger partial charge on any atom is 0.311 e. The molecule has 1 aromatic carbocycles. The average molecular weight is 326 g/mol. The molecule has 0 amide bonds. The van der Waals surface area contributed by atoms with E-state index in [1.54, 1.807) is 0 Å². The predicted octanol–water partition coefficient (Wildman–Crippen LogP) is 4.08. The van der Waals surface area contributed by atoms with E-state index in [-0.39, 0.29) is 11.4 Å². The van der Waals surface area contributed by atoms with Gasteiger partial charge in [0.05, 0.1) is 12.5 Å². The molecule has 0 spiro atoms. The van der Waals surface area contributed by atoms with Gasteiger partial charge in [-0.25, -0.2) is 0 Å². The molecule has 128 valence electrons. The number of rotatable bonds is 3. The van der Waals surface area contributed by atoms with E-state index in [2.05, 4.69) is 32.0 Å². The van der Waals surface area contributed by atoms with Gasteiger partial charge in [0.1, 0.15) is 6.29 Å². The fourth-order valence-corrected chi connectivity index (χ4v) is 5.24. The van der Waals surface area contributed by atoms with Crippen LogP contribution < -0.4 is 0 Å². The number of benzene rings is 1. The van der Waals surface area contributed by atoms with Crippen LogP contribution in [0.4, 0.5) is 0 Å². The second kappa shape index (κ2) is 6.19. The third-order valence-corrected chi connectivity index (χ3v) is 6.40. The van der Waals surface area contributed by atoms with E-state index in [1.807, 2.05) is 6.08 Å². The minimum absolute atomic E-state index is 0.0156. The third-order valence-electron chi connectivity index (χ3n) is 6.40. The van der Waals surface area contributed by atoms with Gasteiger partial charge in [0.25, 0.3) is 0 Å². The van der Waals surface area contributed by atoms with Crippen LogP contribution in [0, 0.1) is 11.3 Å². The van der Waals surface area contributed by atoms with Crippen LogP contribution in [-0.2, 0) is 26.2 Å². The monoisotopic (exact) mass is 326 g/mol. The van der Waals surface area contributed by atoms with Crippen molar-refractivity contribution >= 4 is 18.3 Å². The molecule has 0 aromatic heterocycles. The standard InChI is InChI=1S/C21H26O3/c1-20-11-5-12-21(2,19(23)24-3)18(20)10-8-16-14-15(6-4-13-22)7-9-17(16)20/h4,6-7,9,13-14,18H,5,8,10-12H2,1-3H3. The van der Waals surface area contributed by atoms with Crippen molar-refractivity contribution in [2.45, 2.75) is 51.4 Å². The Kier molecular flexibility index (Phi) is 4.37. The third kappa shape index (κ3) is 2.51. The van der Waals surface area contributed by atoms with Crippen molar-refractivity contribution in [1.82, 2.24) is 0 Å². The molecule has 3 heteroatoms. The van der Waals surface area contributed by atoms with Gasteiger partial charge in [0, 0.05) is 0 Å². The number of aldehydes is 1. The molecule has 1 fully saturated rings. The number of carbonyl (C=O) groups is 2. The van der Waals surface area contributed by atoms with Gasteiger partial charge in [-0.2, -0.15) is 0 Å². The highest BCUT2D eigenvalue weighted by Crippen LogP contribution is 2.57. The summed E-state index contributed by atoms with van der Waals surface area (Å²) in [4.78, 5) is 23.0. The summed E-state index contributed by atoms with van der Waals surface area (Å²) in [6.07, 6.45) is 9.24. The number of allylic oxidation sites excluding steroid dienone is 1. The zero-order valence-electron chi connectivity index (χ0n) is 14.8. The first kappa shape index (κ1) is 16.9. The minimum atomic E-state index is -0.393. The topological polar surface area (TPSA) is 43.4 Å². The SMILES string of the molecule is COC(=O)C1(C)CCCC2(C)c3ccc(C=CC=O)cc3CCC12. The molecule has 24 heavy (non-hydrogen) atoms. The fraction of sp³-hybridized carbons (Fsp3) is 0.524. The Morgan fingerprint density at radius 2 is 2.08 bits per heavy atom. The van der Waals surface area contributed by atoms with E-state index in [4.69, 9.17) is 4.74 Å². The lowest BCUT2D eigenvalue weighted by Crippen LogP contribution is -2.52. The Bertz CT molecular complexity index is 690. The maximum atomic E-state index is 12.5. The molecule has 3 nitrogen and oxygen atoms in total. The molecule has 2 aliphatic rings. The van der Waals surface area contributed by atoms with Crippen molar-refractivity contribution in [2.24, 2.45) is 11.3 Å². The number of esters is 1. The molecule has 0 radical (unpaired) electrons. The number of hydrogen-bond donors (Lipinski definition) is 0. The first-order valence-corrected chi connectivity index (χ1v) is 8.79. The van der Waals surface area contributed by atoms with Gasteiger partial charge in [-0.1, -0.05) is 37.6 Å². The summed E-state index contributed by atoms with van der Waals surface area (Å²) in [5, 5.41) is 0. The molecule has 2 aliphatic carbocycles. The number of aryl methyl sites for hydroxylation is 1. The molecule has 0 N–H and O–H groups in total. The van der Waals surface area contributed by atoms with Crippen LogP contribution in [0.25, 0.3) is 6.08 Å². The lowest BCUT2D eigenvalue weighted by atomic mass is 9.50. The Labute approximate surface area is 144 Å². The van der Waals surface area contributed by atoms with Crippen molar-refractivity contribution in [3.05, 3.63) is 41.0 Å². The van der Waals surface area contributed by atoms with Crippen LogP contribution in [0.2, 0.25) is 0 Å². The molecular weight excluding hydrogens is 300 g/mol. The molecule has 0 heterocycles. The summed E-state index contributed by atoms with van der Waals surface area (Å²) in [6, 6.07) is 6.48. The summed E-state index contributed by atoms with van der Waals surface area (Å²) >= 11 is 0. The second-order valence-electron chi connectivity index (χ2n) is 7.68. The van der Waals surface area contributed by atoms with Crippen molar-refractivity contribution in [1.29, 1.82) is 0 Å². The van der Waals surface area contributed by atoms with Gasteiger partial charge in [-0.05, 0) is 66.7 Å². The number of ether oxygens (including phenoxy) is 1. The Morgan fingerprint density at radius 1 is 1.29 bits per heavy atom. The minimum Gasteiger partial charge on any atom is -0.469 e. The van der Waals surface area contributed by atoms with Crippen LogP contribution >= 0.6 is 0 Å². The lowest BCUT2D eigenvalue weighted by Gasteiger charge is -2.54. The fourth-order valence-electron chi connectivity index (χ4n) is 5.24. The van der Waals surface area contributed by atoms with E-state index >= 15 is 0 Å². The first-order valence-electron chi connectivity index (χ1n) is 8.79. The molecule has 0 bridgehead atoms. The molecule has 1 saturated carbocycles. The van der Waals surface area contributed by atoms with E-state index in [0.29, 0.717) is 5.92 Å². The molecule has 3 atom stereocenters. The van der Waals surface area contributed by atoms with Gasteiger partial charge >= 0.3 is 5.97 Å². The lowest BCUT2D eigenvalue weighted by molar-refractivity contribution is -0.161. The smallest absolute Gasteiger partial charge is 0.311 e. The van der Waals surface area contributed by atoms with Gasteiger partial charge < -0.3 is 4.74 Å². The molecule has 3 unspecified atom stereocenters. The highest BCUT2D eigenvalue weighted by molar-refractivity contribution is 5.77. The Hall–Kier alpha value is -1.90. The number of methoxy groups -OCH3 is 1. The number of hydrogen-bond acceptors (Lipinski definition) is 3. The van der Waals surface area contributed by atoms with E-state index in [1.165, 1.54) is 24.3 Å². The highest BCUT2D eigenvalue weighted by atomic mass is 16.5. The average Bonchev–Trinajstić information content (AvgIpc) is 2.58. The van der Waals surface area contributed by atoms with Gasteiger partial charge in [0.2, 0.25) is 0 Å². The summed E-state index contributed by atoms with van der Waals surface area (Å²) < 4.78 is 5.16. The normalized spacial score (nSPS) is 32.0. The summed E-state index contributed by atoms with van der Waals surface area (Å²) in [7, 11) is 1.50. The molecule has 3 rings (SSSR count). The largest absolute Gasteiger partial charge is 0.469 e. The molecule has 0 aliphatic heterocycles. The molecular formula is C21H26O3. The Morgan fingerprint density at radius 3 is 2.79 bits per heavy atom. The van der Waals surface area contributed by atoms with E-state index in [9.17, 15) is 9.59 Å². The van der Waals surface area contributed by atoms with Crippen molar-refractivity contribution in [3.63, 3.8) is 0 Å². The van der Waals surface area contributed by atoms with Crippen LogP contribution in [0.5, 0.6) is 0 Å². The summed E-state index contributed by atoms with van der Waals surface area (Å²) in [5.41, 5.74) is 3.42. The summed E-state index contributed by atoms with van der Waals surface area (Å²) in [5.74, 6) is 0.252. The highest BCUT2D eigenvalue weighted by Gasteiger charge is 2.55. The maximum absolute atomic E-state index is 12.5. The van der Waals surface area contributed by atoms with Crippen molar-refractivity contribution < 1.29 is 14.3 Å². The van der Waals surface area contributed by atoms with Crippen molar-refractivity contribution in [3.8, 4) is 0 Å². The van der Waals surface area contributed by atoms with Gasteiger partial charge in [-0.3, -0.25) is 9.59 Å². The van der Waals surface area contributed by atoms with E-state index < -0.39 is 5.41 Å². The van der Waals surface area contributed by atoms with Crippen LogP contribution in [0.15, 0.2) is 24.3 Å². The van der Waals surface area contributed by atoms with Crippen LogP contribution in [-0.4, -0.2) is 19.4 Å². The quantitative estimate of drug-likeness (QED) is 0.477. The predicted molar refractivity (Wildman–Crippen MR) is 94.7 cm³/mol. The van der Waals surface area contributed by atoms with Gasteiger partial charge in [0.15, 0.2) is 0 Å².